The zero-order valence-corrected chi connectivity index (χ0v) is 15.3. The van der Waals surface area contributed by atoms with E-state index in [1.54, 1.807) is 0 Å². The number of piperidine rings is 1. The fourth-order valence-electron chi connectivity index (χ4n) is 3.01. The summed E-state index contributed by atoms with van der Waals surface area (Å²) in [4.78, 5) is 11.8. The first-order valence-electron chi connectivity index (χ1n) is 8.41. The van der Waals surface area contributed by atoms with Gasteiger partial charge in [-0.3, -0.25) is 4.79 Å². The normalized spacial score (nSPS) is 16.1. The van der Waals surface area contributed by atoms with E-state index < -0.39 is 55.7 Å². The molecule has 28 heavy (non-hydrogen) atoms. The summed E-state index contributed by atoms with van der Waals surface area (Å²) in [7, 11) is -4.04. The quantitative estimate of drug-likeness (QED) is 0.615. The van der Waals surface area contributed by atoms with Crippen LogP contribution < -0.4 is 5.32 Å². The molecule has 1 N–H and O–H groups in total. The van der Waals surface area contributed by atoms with Crippen LogP contribution in [0.2, 0.25) is 0 Å². The topological polar surface area (TPSA) is 66.5 Å². The van der Waals surface area contributed by atoms with Gasteiger partial charge in [0.15, 0.2) is 17.5 Å². The molecule has 1 heterocycles. The number of benzene rings is 2. The van der Waals surface area contributed by atoms with E-state index in [1.165, 1.54) is 12.1 Å². The van der Waals surface area contributed by atoms with Gasteiger partial charge in [0.05, 0.1) is 5.69 Å². The number of nitrogens with one attached hydrogen (secondary N) is 1. The van der Waals surface area contributed by atoms with Crippen LogP contribution in [0, 0.1) is 29.2 Å². The lowest BCUT2D eigenvalue weighted by atomic mass is 9.97. The summed E-state index contributed by atoms with van der Waals surface area (Å²) in [6.07, 6.45) is 0.232. The molecule has 1 saturated heterocycles. The van der Waals surface area contributed by atoms with Crippen molar-refractivity contribution in [2.75, 3.05) is 18.4 Å². The van der Waals surface area contributed by atoms with Gasteiger partial charge in [-0.2, -0.15) is 4.31 Å². The smallest absolute Gasteiger partial charge is 0.245 e. The highest BCUT2D eigenvalue weighted by atomic mass is 32.2. The molecule has 3 rings (SSSR count). The van der Waals surface area contributed by atoms with Crippen molar-refractivity contribution in [2.45, 2.75) is 17.7 Å². The van der Waals surface area contributed by atoms with Crippen LogP contribution in [0.25, 0.3) is 0 Å². The highest BCUT2D eigenvalue weighted by Gasteiger charge is 2.33. The third-order valence-corrected chi connectivity index (χ3v) is 6.50. The molecule has 10 heteroatoms. The number of carbonyl (C=O) groups is 1. The van der Waals surface area contributed by atoms with Gasteiger partial charge in [0, 0.05) is 19.0 Å². The monoisotopic (exact) mass is 416 g/mol. The summed E-state index contributed by atoms with van der Waals surface area (Å²) in [6, 6.07) is 6.59. The maximum Gasteiger partial charge on any atom is 0.245 e. The summed E-state index contributed by atoms with van der Waals surface area (Å²) >= 11 is 0. The molecule has 0 atom stereocenters. The minimum atomic E-state index is -4.04. The van der Waals surface area contributed by atoms with Crippen LogP contribution in [-0.4, -0.2) is 31.7 Å². The van der Waals surface area contributed by atoms with Crippen LogP contribution in [0.1, 0.15) is 12.8 Å². The molecule has 0 unspecified atom stereocenters. The van der Waals surface area contributed by atoms with E-state index in [-0.39, 0.29) is 25.9 Å². The van der Waals surface area contributed by atoms with Crippen LogP contribution >= 0.6 is 0 Å². The molecular weight excluding hydrogens is 400 g/mol. The Labute approximate surface area is 159 Å². The van der Waals surface area contributed by atoms with Crippen molar-refractivity contribution in [1.82, 2.24) is 4.31 Å². The van der Waals surface area contributed by atoms with E-state index in [2.05, 4.69) is 5.32 Å². The molecular formula is C18H16F4N2O3S. The molecule has 0 spiro atoms. The van der Waals surface area contributed by atoms with Crippen molar-refractivity contribution in [2.24, 2.45) is 5.92 Å². The maximum absolute atomic E-state index is 13.8. The van der Waals surface area contributed by atoms with E-state index in [9.17, 15) is 30.8 Å². The molecule has 0 aromatic heterocycles. The number of halogens is 4. The standard InChI is InChI=1S/C18H16F4N2O3S/c19-12-3-1-2-4-15(12)28(26,27)24-9-7-11(8-10-24)18(25)23-14-6-5-13(20)16(21)17(14)22/h1-6,11H,7-10H2,(H,23,25). The van der Waals surface area contributed by atoms with E-state index in [4.69, 9.17) is 0 Å². The predicted octanol–water partition coefficient (Wildman–Crippen LogP) is 3.28. The molecule has 2 aromatic carbocycles. The van der Waals surface area contributed by atoms with Crippen LogP contribution in [0.5, 0.6) is 0 Å². The summed E-state index contributed by atoms with van der Waals surface area (Å²) in [5.41, 5.74) is -0.495. The van der Waals surface area contributed by atoms with Crippen LogP contribution in [0.15, 0.2) is 41.3 Å². The number of hydrogen-bond donors (Lipinski definition) is 1. The highest BCUT2D eigenvalue weighted by molar-refractivity contribution is 7.89. The number of rotatable bonds is 4. The van der Waals surface area contributed by atoms with E-state index in [0.717, 1.165) is 22.5 Å². The second-order valence-electron chi connectivity index (χ2n) is 6.32. The average Bonchev–Trinajstić information content (AvgIpc) is 2.68. The summed E-state index contributed by atoms with van der Waals surface area (Å²) in [5.74, 6) is -6.72. The van der Waals surface area contributed by atoms with Crippen LogP contribution in [-0.2, 0) is 14.8 Å². The Bertz CT molecular complexity index is 1010. The fourth-order valence-corrected chi connectivity index (χ4v) is 4.54. The molecule has 1 aliphatic heterocycles. The number of anilines is 1. The minimum absolute atomic E-state index is 0.0327. The van der Waals surface area contributed by atoms with Crippen molar-refractivity contribution in [3.63, 3.8) is 0 Å². The number of carbonyl (C=O) groups excluding carboxylic acids is 1. The van der Waals surface area contributed by atoms with Crippen molar-refractivity contribution in [1.29, 1.82) is 0 Å². The van der Waals surface area contributed by atoms with Gasteiger partial charge in [0.2, 0.25) is 15.9 Å². The van der Waals surface area contributed by atoms with Gasteiger partial charge in [-0.1, -0.05) is 12.1 Å². The van der Waals surface area contributed by atoms with Gasteiger partial charge in [-0.05, 0) is 37.1 Å². The van der Waals surface area contributed by atoms with Gasteiger partial charge in [-0.15, -0.1) is 0 Å². The predicted molar refractivity (Wildman–Crippen MR) is 92.8 cm³/mol. The van der Waals surface area contributed by atoms with Crippen molar-refractivity contribution < 1.29 is 30.8 Å². The first kappa shape index (κ1) is 20.3. The molecule has 1 amide bonds. The first-order chi connectivity index (χ1) is 13.2. The van der Waals surface area contributed by atoms with Gasteiger partial charge >= 0.3 is 0 Å². The molecule has 0 bridgehead atoms. The lowest BCUT2D eigenvalue weighted by Gasteiger charge is -2.30. The Balaban J connectivity index is 1.66. The van der Waals surface area contributed by atoms with E-state index in [1.807, 2.05) is 0 Å². The number of nitrogens with zero attached hydrogens (tertiary/aromatic N) is 1. The van der Waals surface area contributed by atoms with Gasteiger partial charge in [0.25, 0.3) is 0 Å². The Kier molecular flexibility index (Phi) is 5.71. The molecule has 1 fully saturated rings. The Morgan fingerprint density at radius 2 is 1.57 bits per heavy atom. The van der Waals surface area contributed by atoms with Gasteiger partial charge in [0.1, 0.15) is 10.7 Å². The zero-order chi connectivity index (χ0) is 20.5. The summed E-state index contributed by atoms with van der Waals surface area (Å²) in [6.45, 7) is -0.0654. The van der Waals surface area contributed by atoms with Gasteiger partial charge < -0.3 is 5.32 Å². The molecule has 150 valence electrons. The lowest BCUT2D eigenvalue weighted by molar-refractivity contribution is -0.120. The largest absolute Gasteiger partial charge is 0.323 e. The molecule has 1 aliphatic rings. The van der Waals surface area contributed by atoms with E-state index in [0.29, 0.717) is 6.07 Å². The second kappa shape index (κ2) is 7.88. The first-order valence-corrected chi connectivity index (χ1v) is 9.85. The number of sulfonamides is 1. The van der Waals surface area contributed by atoms with Crippen molar-refractivity contribution in [3.8, 4) is 0 Å². The average molecular weight is 416 g/mol. The van der Waals surface area contributed by atoms with Crippen molar-refractivity contribution >= 4 is 21.6 Å². The molecule has 0 saturated carbocycles. The highest BCUT2D eigenvalue weighted by Crippen LogP contribution is 2.27. The Hall–Kier alpha value is -2.46. The lowest BCUT2D eigenvalue weighted by Crippen LogP contribution is -2.41. The summed E-state index contributed by atoms with van der Waals surface area (Å²) < 4.78 is 79.9. The van der Waals surface area contributed by atoms with Gasteiger partial charge in [-0.25, -0.2) is 26.0 Å². The number of amides is 1. The second-order valence-corrected chi connectivity index (χ2v) is 8.23. The van der Waals surface area contributed by atoms with Crippen LogP contribution in [0.4, 0.5) is 23.2 Å². The number of hydrogen-bond acceptors (Lipinski definition) is 3. The van der Waals surface area contributed by atoms with Crippen molar-refractivity contribution in [3.05, 3.63) is 59.7 Å². The maximum atomic E-state index is 13.8. The Morgan fingerprint density at radius 3 is 2.21 bits per heavy atom. The molecule has 5 nitrogen and oxygen atoms in total. The Morgan fingerprint density at radius 1 is 0.929 bits per heavy atom. The summed E-state index contributed by atoms with van der Waals surface area (Å²) in [5, 5.41) is 2.19. The molecule has 0 radical (unpaired) electrons. The molecule has 0 aliphatic carbocycles. The third kappa shape index (κ3) is 3.88. The minimum Gasteiger partial charge on any atom is -0.323 e. The fraction of sp³-hybridized carbons (Fsp3) is 0.278. The SMILES string of the molecule is O=C(Nc1ccc(F)c(F)c1F)C1CCN(S(=O)(=O)c2ccccc2F)CC1. The zero-order valence-electron chi connectivity index (χ0n) is 14.5. The molecule has 2 aromatic rings. The van der Waals surface area contributed by atoms with Crippen LogP contribution in [0.3, 0.4) is 0 Å². The third-order valence-electron chi connectivity index (χ3n) is 4.57. The van der Waals surface area contributed by atoms with E-state index >= 15 is 0 Å².